The van der Waals surface area contributed by atoms with Crippen molar-refractivity contribution in [1.82, 2.24) is 20.3 Å². The first-order chi connectivity index (χ1) is 12.1. The summed E-state index contributed by atoms with van der Waals surface area (Å²) in [6.45, 7) is 3.60. The molecule has 0 spiro atoms. The van der Waals surface area contributed by atoms with Gasteiger partial charge in [0, 0.05) is 18.3 Å². The van der Waals surface area contributed by atoms with Gasteiger partial charge in [0.15, 0.2) is 0 Å². The molecule has 1 aromatic heterocycles. The number of H-pyrrole nitrogens is 1. The SMILES string of the molecule is CC1(Cc2ccccc2)CC(COCc2c[nH]nn2)CCN1C(=O)O. The zero-order valence-corrected chi connectivity index (χ0v) is 14.4. The Bertz CT molecular complexity index is 677. The van der Waals surface area contributed by atoms with E-state index in [2.05, 4.69) is 27.5 Å². The zero-order chi connectivity index (χ0) is 17.7. The number of aromatic amines is 1. The molecule has 0 aliphatic carbocycles. The monoisotopic (exact) mass is 344 g/mol. The van der Waals surface area contributed by atoms with E-state index >= 15 is 0 Å². The van der Waals surface area contributed by atoms with Crippen LogP contribution >= 0.6 is 0 Å². The molecule has 0 radical (unpaired) electrons. The lowest BCUT2D eigenvalue weighted by Gasteiger charge is -2.46. The van der Waals surface area contributed by atoms with E-state index in [1.54, 1.807) is 11.1 Å². The first-order valence-corrected chi connectivity index (χ1v) is 8.54. The highest BCUT2D eigenvalue weighted by Crippen LogP contribution is 2.35. The predicted molar refractivity (Wildman–Crippen MR) is 92.0 cm³/mol. The average Bonchev–Trinajstić information content (AvgIpc) is 3.08. The molecule has 134 valence electrons. The number of nitrogens with one attached hydrogen (secondary N) is 1. The number of likely N-dealkylation sites (tertiary alicyclic amines) is 1. The molecule has 1 saturated heterocycles. The van der Waals surface area contributed by atoms with Crippen LogP contribution in [0.5, 0.6) is 0 Å². The van der Waals surface area contributed by atoms with Gasteiger partial charge in [-0.1, -0.05) is 35.5 Å². The summed E-state index contributed by atoms with van der Waals surface area (Å²) < 4.78 is 5.77. The van der Waals surface area contributed by atoms with E-state index in [0.717, 1.165) is 24.1 Å². The Hall–Kier alpha value is -2.41. The molecule has 7 heteroatoms. The van der Waals surface area contributed by atoms with Crippen LogP contribution in [-0.2, 0) is 17.8 Å². The molecular weight excluding hydrogens is 320 g/mol. The quantitative estimate of drug-likeness (QED) is 0.841. The second-order valence-electron chi connectivity index (χ2n) is 6.93. The van der Waals surface area contributed by atoms with E-state index in [9.17, 15) is 9.90 Å². The van der Waals surface area contributed by atoms with Crippen LogP contribution in [0.3, 0.4) is 0 Å². The first-order valence-electron chi connectivity index (χ1n) is 8.54. The summed E-state index contributed by atoms with van der Waals surface area (Å²) in [6.07, 6.45) is 3.18. The van der Waals surface area contributed by atoms with Gasteiger partial charge in [-0.3, -0.25) is 5.10 Å². The second-order valence-corrected chi connectivity index (χ2v) is 6.93. The Kier molecular flexibility index (Phi) is 5.33. The Labute approximate surface area is 147 Å². The first kappa shape index (κ1) is 17.4. The Morgan fingerprint density at radius 2 is 2.24 bits per heavy atom. The van der Waals surface area contributed by atoms with E-state index in [4.69, 9.17) is 4.74 Å². The number of piperidine rings is 1. The highest BCUT2D eigenvalue weighted by Gasteiger charge is 2.41. The van der Waals surface area contributed by atoms with Crippen LogP contribution in [0, 0.1) is 5.92 Å². The summed E-state index contributed by atoms with van der Waals surface area (Å²) in [6, 6.07) is 10.1. The number of aromatic nitrogens is 3. The van der Waals surface area contributed by atoms with Crippen molar-refractivity contribution in [2.75, 3.05) is 13.2 Å². The molecule has 2 unspecified atom stereocenters. The minimum atomic E-state index is -0.847. The third-order valence-corrected chi connectivity index (χ3v) is 4.87. The van der Waals surface area contributed by atoms with Crippen LogP contribution in [0.4, 0.5) is 4.79 Å². The molecule has 1 aliphatic rings. The fourth-order valence-electron chi connectivity index (χ4n) is 3.71. The van der Waals surface area contributed by atoms with Crippen molar-refractivity contribution in [2.45, 2.75) is 38.3 Å². The molecule has 2 heterocycles. The van der Waals surface area contributed by atoms with Gasteiger partial charge in [0.1, 0.15) is 5.69 Å². The molecule has 0 bridgehead atoms. The predicted octanol–water partition coefficient (Wildman–Crippen LogP) is 2.71. The van der Waals surface area contributed by atoms with Crippen molar-refractivity contribution < 1.29 is 14.6 Å². The van der Waals surface area contributed by atoms with Crippen molar-refractivity contribution in [3.05, 3.63) is 47.8 Å². The van der Waals surface area contributed by atoms with E-state index in [0.29, 0.717) is 32.1 Å². The minimum absolute atomic E-state index is 0.330. The molecule has 1 fully saturated rings. The van der Waals surface area contributed by atoms with Crippen LogP contribution in [-0.4, -0.2) is 50.2 Å². The van der Waals surface area contributed by atoms with E-state index < -0.39 is 11.6 Å². The summed E-state index contributed by atoms with van der Waals surface area (Å²) in [4.78, 5) is 13.3. The van der Waals surface area contributed by atoms with Gasteiger partial charge in [0.05, 0.1) is 13.2 Å². The molecule has 1 amide bonds. The lowest BCUT2D eigenvalue weighted by molar-refractivity contribution is 0.00121. The second kappa shape index (κ2) is 7.65. The van der Waals surface area contributed by atoms with Gasteiger partial charge >= 0.3 is 6.09 Å². The summed E-state index contributed by atoms with van der Waals surface area (Å²) in [5, 5.41) is 19.8. The molecule has 3 rings (SSSR count). The normalized spacial score (nSPS) is 23.6. The van der Waals surface area contributed by atoms with Crippen LogP contribution in [0.1, 0.15) is 31.0 Å². The number of nitrogens with zero attached hydrogens (tertiary/aromatic N) is 3. The smallest absolute Gasteiger partial charge is 0.407 e. The third-order valence-electron chi connectivity index (χ3n) is 4.87. The average molecular weight is 344 g/mol. The molecule has 1 aromatic carbocycles. The molecular formula is C18H24N4O3. The molecule has 1 aliphatic heterocycles. The fraction of sp³-hybridized carbons (Fsp3) is 0.500. The number of rotatable bonds is 6. The maximum atomic E-state index is 11.7. The standard InChI is InChI=1S/C18H24N4O3/c1-18(9-14-5-3-2-4-6-14)10-15(7-8-22(18)17(23)24)12-25-13-16-11-19-21-20-16/h2-6,11,15H,7-10,12-13H2,1H3,(H,23,24)(H,19,20,21). The molecule has 25 heavy (non-hydrogen) atoms. The number of ether oxygens (including phenoxy) is 1. The van der Waals surface area contributed by atoms with Gasteiger partial charge in [-0.15, -0.1) is 5.10 Å². The van der Waals surface area contributed by atoms with Gasteiger partial charge < -0.3 is 14.7 Å². The molecule has 2 N–H and O–H groups in total. The van der Waals surface area contributed by atoms with Gasteiger partial charge in [-0.25, -0.2) is 4.79 Å². The van der Waals surface area contributed by atoms with Crippen LogP contribution < -0.4 is 0 Å². The number of benzene rings is 1. The van der Waals surface area contributed by atoms with Crippen LogP contribution in [0.25, 0.3) is 0 Å². The van der Waals surface area contributed by atoms with Gasteiger partial charge in [0.2, 0.25) is 0 Å². The Morgan fingerprint density at radius 3 is 2.92 bits per heavy atom. The van der Waals surface area contributed by atoms with Crippen LogP contribution in [0.15, 0.2) is 36.5 Å². The van der Waals surface area contributed by atoms with E-state index in [1.807, 2.05) is 25.1 Å². The van der Waals surface area contributed by atoms with Gasteiger partial charge in [-0.05, 0) is 37.7 Å². The largest absolute Gasteiger partial charge is 0.465 e. The maximum Gasteiger partial charge on any atom is 0.407 e. The molecule has 7 nitrogen and oxygen atoms in total. The lowest BCUT2D eigenvalue weighted by atomic mass is 9.78. The maximum absolute atomic E-state index is 11.7. The van der Waals surface area contributed by atoms with Gasteiger partial charge in [-0.2, -0.15) is 0 Å². The topological polar surface area (TPSA) is 91.3 Å². The van der Waals surface area contributed by atoms with Crippen molar-refractivity contribution in [2.24, 2.45) is 5.92 Å². The number of carbonyl (C=O) groups is 1. The fourth-order valence-corrected chi connectivity index (χ4v) is 3.71. The number of amides is 1. The highest BCUT2D eigenvalue weighted by molar-refractivity contribution is 5.66. The summed E-state index contributed by atoms with van der Waals surface area (Å²) in [5.74, 6) is 0.330. The van der Waals surface area contributed by atoms with Crippen molar-refractivity contribution in [3.8, 4) is 0 Å². The zero-order valence-electron chi connectivity index (χ0n) is 14.4. The number of carboxylic acid groups (broad SMARTS) is 1. The van der Waals surface area contributed by atoms with Gasteiger partial charge in [0.25, 0.3) is 0 Å². The third kappa shape index (κ3) is 4.36. The Morgan fingerprint density at radius 1 is 1.44 bits per heavy atom. The number of hydrogen-bond donors (Lipinski definition) is 2. The molecule has 2 atom stereocenters. The van der Waals surface area contributed by atoms with Crippen molar-refractivity contribution in [3.63, 3.8) is 0 Å². The summed E-state index contributed by atoms with van der Waals surface area (Å²) >= 11 is 0. The molecule has 0 saturated carbocycles. The van der Waals surface area contributed by atoms with E-state index in [1.165, 1.54) is 0 Å². The van der Waals surface area contributed by atoms with Crippen molar-refractivity contribution >= 4 is 6.09 Å². The highest BCUT2D eigenvalue weighted by atomic mass is 16.5. The summed E-state index contributed by atoms with van der Waals surface area (Å²) in [5.41, 5.74) is 1.50. The lowest BCUT2D eigenvalue weighted by Crippen LogP contribution is -2.56. The minimum Gasteiger partial charge on any atom is -0.465 e. The van der Waals surface area contributed by atoms with Crippen molar-refractivity contribution in [1.29, 1.82) is 0 Å². The summed E-state index contributed by atoms with van der Waals surface area (Å²) in [7, 11) is 0. The number of hydrogen-bond acceptors (Lipinski definition) is 4. The van der Waals surface area contributed by atoms with Crippen LogP contribution in [0.2, 0.25) is 0 Å². The van der Waals surface area contributed by atoms with E-state index in [-0.39, 0.29) is 0 Å². The molecule has 2 aromatic rings. The Balaban J connectivity index is 1.63.